The summed E-state index contributed by atoms with van der Waals surface area (Å²) in [7, 11) is -2.33. The van der Waals surface area contributed by atoms with Crippen molar-refractivity contribution in [3.8, 4) is 16.2 Å². The number of hydrogen-bond donors (Lipinski definition) is 4. The summed E-state index contributed by atoms with van der Waals surface area (Å²) in [6, 6.07) is 10.5. The van der Waals surface area contributed by atoms with Crippen LogP contribution in [0.1, 0.15) is 11.3 Å². The molecule has 152 valence electrons. The third-order valence-corrected chi connectivity index (χ3v) is 6.75. The molecule has 3 aromatic rings. The first-order valence-electron chi connectivity index (χ1n) is 8.58. The SMILES string of the molecule is CNC(=O)Nc1nc(C)c(-c2ccc(C)c(S(=O)(=O)Nc3ccc(O)cc3)c2)s1. The number of nitrogens with zero attached hydrogens (tertiary/aromatic N) is 1. The zero-order valence-corrected chi connectivity index (χ0v) is 17.6. The molecule has 2 aromatic carbocycles. The second-order valence-electron chi connectivity index (χ2n) is 6.27. The molecule has 0 aliphatic rings. The number of amides is 2. The van der Waals surface area contributed by atoms with E-state index in [1.54, 1.807) is 26.0 Å². The highest BCUT2D eigenvalue weighted by molar-refractivity contribution is 7.92. The highest BCUT2D eigenvalue weighted by Crippen LogP contribution is 2.35. The average Bonchev–Trinajstić information content (AvgIpc) is 3.03. The van der Waals surface area contributed by atoms with Crippen molar-refractivity contribution >= 4 is 38.2 Å². The minimum atomic E-state index is -3.84. The lowest BCUT2D eigenvalue weighted by Gasteiger charge is -2.12. The smallest absolute Gasteiger partial charge is 0.320 e. The zero-order chi connectivity index (χ0) is 21.2. The summed E-state index contributed by atoms with van der Waals surface area (Å²) < 4.78 is 28.3. The lowest BCUT2D eigenvalue weighted by Crippen LogP contribution is -2.24. The Kier molecular flexibility index (Phi) is 5.76. The Morgan fingerprint density at radius 3 is 2.45 bits per heavy atom. The Bertz CT molecular complexity index is 1160. The van der Waals surface area contributed by atoms with Crippen molar-refractivity contribution in [1.82, 2.24) is 10.3 Å². The van der Waals surface area contributed by atoms with Gasteiger partial charge in [-0.1, -0.05) is 23.5 Å². The molecular weight excluding hydrogens is 412 g/mol. The molecule has 0 radical (unpaired) electrons. The molecule has 1 heterocycles. The standard InChI is InChI=1S/C19H20N4O4S2/c1-11-4-5-13(17-12(2)21-19(28-17)22-18(25)20-3)10-16(11)29(26,27)23-14-6-8-15(24)9-7-14/h4-10,23-24H,1-3H3,(H2,20,21,22,25). The summed E-state index contributed by atoms with van der Waals surface area (Å²) in [4.78, 5) is 16.7. The van der Waals surface area contributed by atoms with Crippen molar-refractivity contribution in [2.75, 3.05) is 17.1 Å². The number of aromatic nitrogens is 1. The van der Waals surface area contributed by atoms with E-state index in [4.69, 9.17) is 0 Å². The highest BCUT2D eigenvalue weighted by atomic mass is 32.2. The molecular formula is C19H20N4O4S2. The first kappa shape index (κ1) is 20.6. The molecule has 4 N–H and O–H groups in total. The molecule has 2 amide bonds. The number of aromatic hydroxyl groups is 1. The second-order valence-corrected chi connectivity index (χ2v) is 8.92. The predicted molar refractivity (Wildman–Crippen MR) is 114 cm³/mol. The Morgan fingerprint density at radius 2 is 1.79 bits per heavy atom. The van der Waals surface area contributed by atoms with Crippen LogP contribution in [-0.2, 0) is 10.0 Å². The van der Waals surface area contributed by atoms with Gasteiger partial charge in [0.1, 0.15) is 5.75 Å². The van der Waals surface area contributed by atoms with E-state index in [2.05, 4.69) is 20.3 Å². The summed E-state index contributed by atoms with van der Waals surface area (Å²) in [5.41, 5.74) is 2.30. The number of rotatable bonds is 5. The van der Waals surface area contributed by atoms with E-state index in [-0.39, 0.29) is 16.7 Å². The highest BCUT2D eigenvalue weighted by Gasteiger charge is 2.20. The maximum absolute atomic E-state index is 12.9. The maximum Gasteiger partial charge on any atom is 0.320 e. The van der Waals surface area contributed by atoms with Crippen molar-refractivity contribution in [3.63, 3.8) is 0 Å². The van der Waals surface area contributed by atoms with Crippen molar-refractivity contribution < 1.29 is 18.3 Å². The van der Waals surface area contributed by atoms with E-state index < -0.39 is 10.0 Å². The van der Waals surface area contributed by atoms with Gasteiger partial charge in [0.05, 0.1) is 15.5 Å². The molecule has 0 unspecified atom stereocenters. The number of anilines is 2. The lowest BCUT2D eigenvalue weighted by atomic mass is 10.1. The number of aryl methyl sites for hydroxylation is 2. The van der Waals surface area contributed by atoms with E-state index in [1.165, 1.54) is 42.6 Å². The van der Waals surface area contributed by atoms with Gasteiger partial charge in [-0.2, -0.15) is 0 Å². The summed E-state index contributed by atoms with van der Waals surface area (Å²) >= 11 is 1.26. The van der Waals surface area contributed by atoms with Gasteiger partial charge in [0.15, 0.2) is 5.13 Å². The van der Waals surface area contributed by atoms with Gasteiger partial charge in [0.2, 0.25) is 0 Å². The van der Waals surface area contributed by atoms with Gasteiger partial charge in [0.25, 0.3) is 10.0 Å². The van der Waals surface area contributed by atoms with Crippen LogP contribution in [0, 0.1) is 13.8 Å². The third-order valence-electron chi connectivity index (χ3n) is 4.10. The van der Waals surface area contributed by atoms with Crippen LogP contribution in [0.15, 0.2) is 47.4 Å². The molecule has 0 fully saturated rings. The number of urea groups is 1. The largest absolute Gasteiger partial charge is 0.508 e. The topological polar surface area (TPSA) is 120 Å². The van der Waals surface area contributed by atoms with Crippen LogP contribution in [0.5, 0.6) is 5.75 Å². The fraction of sp³-hybridized carbons (Fsp3) is 0.158. The van der Waals surface area contributed by atoms with Gasteiger partial charge >= 0.3 is 6.03 Å². The fourth-order valence-corrected chi connectivity index (χ4v) is 4.94. The first-order chi connectivity index (χ1) is 13.7. The monoisotopic (exact) mass is 432 g/mol. The van der Waals surface area contributed by atoms with Crippen molar-refractivity contribution in [2.45, 2.75) is 18.7 Å². The van der Waals surface area contributed by atoms with Crippen LogP contribution in [-0.4, -0.2) is 31.6 Å². The molecule has 0 aliphatic heterocycles. The third kappa shape index (κ3) is 4.66. The van der Waals surface area contributed by atoms with Crippen LogP contribution in [0.3, 0.4) is 0 Å². The number of hydrogen-bond acceptors (Lipinski definition) is 6. The van der Waals surface area contributed by atoms with Gasteiger partial charge in [-0.3, -0.25) is 10.0 Å². The summed E-state index contributed by atoms with van der Waals surface area (Å²) in [5, 5.41) is 14.9. The number of sulfonamides is 1. The van der Waals surface area contributed by atoms with Crippen molar-refractivity contribution in [1.29, 1.82) is 0 Å². The number of phenolic OH excluding ortho intramolecular Hbond substituents is 1. The lowest BCUT2D eigenvalue weighted by molar-refractivity contribution is 0.254. The van der Waals surface area contributed by atoms with Crippen LogP contribution in [0.4, 0.5) is 15.6 Å². The molecule has 0 aliphatic carbocycles. The molecule has 10 heteroatoms. The van der Waals surface area contributed by atoms with E-state index in [9.17, 15) is 18.3 Å². The minimum absolute atomic E-state index is 0.0490. The molecule has 0 saturated heterocycles. The Labute approximate surface area is 172 Å². The summed E-state index contributed by atoms with van der Waals surface area (Å²) in [6.45, 7) is 3.51. The minimum Gasteiger partial charge on any atom is -0.508 e. The maximum atomic E-state index is 12.9. The normalized spacial score (nSPS) is 11.1. The number of nitrogens with one attached hydrogen (secondary N) is 3. The molecule has 0 spiro atoms. The molecule has 3 rings (SSSR count). The number of phenols is 1. The van der Waals surface area contributed by atoms with E-state index >= 15 is 0 Å². The molecule has 1 aromatic heterocycles. The second kappa shape index (κ2) is 8.10. The van der Waals surface area contributed by atoms with Gasteiger partial charge in [-0.15, -0.1) is 0 Å². The van der Waals surface area contributed by atoms with Gasteiger partial charge in [0, 0.05) is 12.7 Å². The van der Waals surface area contributed by atoms with Crippen LogP contribution in [0.2, 0.25) is 0 Å². The number of carbonyl (C=O) groups excluding carboxylic acids is 1. The Balaban J connectivity index is 1.96. The Morgan fingerprint density at radius 1 is 1.10 bits per heavy atom. The zero-order valence-electron chi connectivity index (χ0n) is 16.0. The van der Waals surface area contributed by atoms with E-state index in [0.29, 0.717) is 27.6 Å². The van der Waals surface area contributed by atoms with Crippen molar-refractivity contribution in [3.05, 3.63) is 53.7 Å². The van der Waals surface area contributed by atoms with Crippen LogP contribution in [0.25, 0.3) is 10.4 Å². The van der Waals surface area contributed by atoms with E-state index in [1.807, 2.05) is 6.07 Å². The molecule has 29 heavy (non-hydrogen) atoms. The average molecular weight is 433 g/mol. The van der Waals surface area contributed by atoms with Crippen molar-refractivity contribution in [2.24, 2.45) is 0 Å². The fourth-order valence-electron chi connectivity index (χ4n) is 2.65. The van der Waals surface area contributed by atoms with Crippen LogP contribution < -0.4 is 15.4 Å². The van der Waals surface area contributed by atoms with Gasteiger partial charge < -0.3 is 10.4 Å². The molecule has 0 atom stereocenters. The van der Waals surface area contributed by atoms with Gasteiger partial charge in [-0.05, 0) is 55.3 Å². The number of thiazole rings is 1. The summed E-state index contributed by atoms with van der Waals surface area (Å²) in [6.07, 6.45) is 0. The number of carbonyl (C=O) groups is 1. The predicted octanol–water partition coefficient (Wildman–Crippen LogP) is 3.68. The number of benzene rings is 2. The molecule has 8 nitrogen and oxygen atoms in total. The first-order valence-corrected chi connectivity index (χ1v) is 10.9. The Hall–Kier alpha value is -3.11. The van der Waals surface area contributed by atoms with Gasteiger partial charge in [-0.25, -0.2) is 18.2 Å². The molecule has 0 bridgehead atoms. The quantitative estimate of drug-likeness (QED) is 0.458. The van der Waals surface area contributed by atoms with E-state index in [0.717, 1.165) is 4.88 Å². The summed E-state index contributed by atoms with van der Waals surface area (Å²) in [5.74, 6) is 0.0490. The van der Waals surface area contributed by atoms with Crippen LogP contribution >= 0.6 is 11.3 Å². The molecule has 0 saturated carbocycles.